The zero-order valence-electron chi connectivity index (χ0n) is 8.98. The summed E-state index contributed by atoms with van der Waals surface area (Å²) in [5, 5.41) is 0.115. The number of para-hydroxylation sites is 2. The van der Waals surface area contributed by atoms with Crippen LogP contribution in [0.2, 0.25) is 0 Å². The van der Waals surface area contributed by atoms with E-state index in [0.717, 1.165) is 0 Å². The molecule has 0 fully saturated rings. The molecule has 0 amide bonds. The van der Waals surface area contributed by atoms with Crippen molar-refractivity contribution in [1.29, 1.82) is 0 Å². The summed E-state index contributed by atoms with van der Waals surface area (Å²) >= 11 is 0. The van der Waals surface area contributed by atoms with Gasteiger partial charge in [-0.2, -0.15) is 0 Å². The fourth-order valence-corrected chi connectivity index (χ4v) is 2.16. The zero-order chi connectivity index (χ0) is 12.3. The Balaban J connectivity index is 2.37. The third kappa shape index (κ3) is 2.94. The SMILES string of the molecule is NP(=O)(O)c1ccccc1Oc1ccccc1. The molecule has 4 nitrogen and oxygen atoms in total. The Morgan fingerprint density at radius 2 is 1.59 bits per heavy atom. The van der Waals surface area contributed by atoms with E-state index in [0.29, 0.717) is 11.5 Å². The topological polar surface area (TPSA) is 72.6 Å². The van der Waals surface area contributed by atoms with Crippen LogP contribution >= 0.6 is 7.52 Å². The van der Waals surface area contributed by atoms with Crippen LogP contribution in [0.4, 0.5) is 0 Å². The predicted octanol–water partition coefficient (Wildman–Crippen LogP) is 2.25. The van der Waals surface area contributed by atoms with Crippen molar-refractivity contribution in [3.63, 3.8) is 0 Å². The first-order chi connectivity index (χ1) is 8.07. The molecule has 0 saturated carbocycles. The molecule has 2 rings (SSSR count). The van der Waals surface area contributed by atoms with E-state index in [1.54, 1.807) is 30.3 Å². The third-order valence-corrected chi connectivity index (χ3v) is 3.24. The van der Waals surface area contributed by atoms with Gasteiger partial charge in [-0.25, -0.2) is 0 Å². The number of benzene rings is 2. The minimum Gasteiger partial charge on any atom is -0.456 e. The molecule has 0 spiro atoms. The summed E-state index contributed by atoms with van der Waals surface area (Å²) in [6.45, 7) is 0. The van der Waals surface area contributed by atoms with Crippen molar-refractivity contribution >= 4 is 12.8 Å². The largest absolute Gasteiger partial charge is 0.456 e. The maximum absolute atomic E-state index is 11.5. The van der Waals surface area contributed by atoms with Crippen molar-refractivity contribution in [2.45, 2.75) is 0 Å². The van der Waals surface area contributed by atoms with Crippen LogP contribution in [-0.2, 0) is 4.57 Å². The van der Waals surface area contributed by atoms with Crippen LogP contribution in [-0.4, -0.2) is 4.89 Å². The highest BCUT2D eigenvalue weighted by molar-refractivity contribution is 7.63. The van der Waals surface area contributed by atoms with Gasteiger partial charge in [0.15, 0.2) is 0 Å². The minimum atomic E-state index is -3.82. The summed E-state index contributed by atoms with van der Waals surface area (Å²) in [5.74, 6) is 0.889. The zero-order valence-corrected chi connectivity index (χ0v) is 9.88. The summed E-state index contributed by atoms with van der Waals surface area (Å²) < 4.78 is 17.0. The molecule has 0 bridgehead atoms. The van der Waals surface area contributed by atoms with Crippen LogP contribution in [0.3, 0.4) is 0 Å². The molecule has 0 aliphatic heterocycles. The Hall–Kier alpha value is -1.61. The monoisotopic (exact) mass is 249 g/mol. The maximum atomic E-state index is 11.5. The van der Waals surface area contributed by atoms with Crippen molar-refractivity contribution in [1.82, 2.24) is 0 Å². The molecule has 0 aliphatic carbocycles. The van der Waals surface area contributed by atoms with Gasteiger partial charge in [-0.1, -0.05) is 30.3 Å². The van der Waals surface area contributed by atoms with Gasteiger partial charge in [-0.05, 0) is 24.3 Å². The lowest BCUT2D eigenvalue weighted by atomic mass is 10.3. The molecule has 2 aromatic carbocycles. The molecule has 0 radical (unpaired) electrons. The summed E-state index contributed by atoms with van der Waals surface area (Å²) in [4.78, 5) is 9.40. The lowest BCUT2D eigenvalue weighted by Gasteiger charge is -2.12. The van der Waals surface area contributed by atoms with E-state index < -0.39 is 7.52 Å². The van der Waals surface area contributed by atoms with E-state index in [9.17, 15) is 9.46 Å². The molecular weight excluding hydrogens is 237 g/mol. The van der Waals surface area contributed by atoms with Crippen LogP contribution in [0.1, 0.15) is 0 Å². The first kappa shape index (κ1) is 11.9. The molecule has 2 aromatic rings. The fraction of sp³-hybridized carbons (Fsp3) is 0. The van der Waals surface area contributed by atoms with Gasteiger partial charge in [-0.3, -0.25) is 10.1 Å². The molecule has 1 atom stereocenters. The Kier molecular flexibility index (Phi) is 3.29. The number of rotatable bonds is 3. The molecule has 17 heavy (non-hydrogen) atoms. The van der Waals surface area contributed by atoms with Crippen molar-refractivity contribution in [3.8, 4) is 11.5 Å². The average molecular weight is 249 g/mol. The molecule has 0 heterocycles. The van der Waals surface area contributed by atoms with Gasteiger partial charge in [0, 0.05) is 0 Å². The van der Waals surface area contributed by atoms with Crippen LogP contribution in [0.25, 0.3) is 0 Å². The van der Waals surface area contributed by atoms with Gasteiger partial charge in [0.05, 0.1) is 5.30 Å². The molecule has 5 heteroatoms. The quantitative estimate of drug-likeness (QED) is 0.818. The fourth-order valence-electron chi connectivity index (χ4n) is 1.42. The van der Waals surface area contributed by atoms with E-state index in [1.807, 2.05) is 18.2 Å². The van der Waals surface area contributed by atoms with Crippen molar-refractivity contribution in [3.05, 3.63) is 54.6 Å². The van der Waals surface area contributed by atoms with Crippen molar-refractivity contribution in [2.75, 3.05) is 0 Å². The van der Waals surface area contributed by atoms with E-state index in [4.69, 9.17) is 10.2 Å². The highest BCUT2D eigenvalue weighted by Crippen LogP contribution is 2.34. The predicted molar refractivity (Wildman–Crippen MR) is 66.6 cm³/mol. The van der Waals surface area contributed by atoms with E-state index in [-0.39, 0.29) is 5.30 Å². The first-order valence-electron chi connectivity index (χ1n) is 5.01. The molecule has 1 unspecified atom stereocenters. The Bertz CT molecular complexity index is 551. The second-order valence-corrected chi connectivity index (χ2v) is 5.23. The van der Waals surface area contributed by atoms with Gasteiger partial charge >= 0.3 is 0 Å². The Labute approximate surface area is 99.2 Å². The van der Waals surface area contributed by atoms with Gasteiger partial charge in [0.1, 0.15) is 11.5 Å². The smallest absolute Gasteiger partial charge is 0.298 e. The molecule has 88 valence electrons. The number of nitrogens with two attached hydrogens (primary N) is 1. The van der Waals surface area contributed by atoms with Crippen LogP contribution in [0.5, 0.6) is 11.5 Å². The van der Waals surface area contributed by atoms with Crippen LogP contribution in [0.15, 0.2) is 54.6 Å². The Morgan fingerprint density at radius 3 is 2.24 bits per heavy atom. The minimum absolute atomic E-state index is 0.115. The number of ether oxygens (including phenoxy) is 1. The van der Waals surface area contributed by atoms with E-state index in [1.165, 1.54) is 6.07 Å². The second-order valence-electron chi connectivity index (χ2n) is 3.51. The number of hydrogen-bond donors (Lipinski definition) is 2. The highest BCUT2D eigenvalue weighted by Gasteiger charge is 2.20. The summed E-state index contributed by atoms with van der Waals surface area (Å²) in [6.07, 6.45) is 0. The van der Waals surface area contributed by atoms with Gasteiger partial charge in [0.2, 0.25) is 0 Å². The lowest BCUT2D eigenvalue weighted by Crippen LogP contribution is -2.13. The summed E-state index contributed by atoms with van der Waals surface area (Å²) in [5.41, 5.74) is 5.24. The highest BCUT2D eigenvalue weighted by atomic mass is 31.2. The lowest BCUT2D eigenvalue weighted by molar-refractivity contribution is 0.474. The average Bonchev–Trinajstić information content (AvgIpc) is 2.30. The Morgan fingerprint density at radius 1 is 1.00 bits per heavy atom. The standard InChI is InChI=1S/C12H12NO3P/c13-17(14,15)12-9-5-4-8-11(12)16-10-6-2-1-3-7-10/h1-9H,(H3,13,14,15). The molecule has 3 N–H and O–H groups in total. The summed E-state index contributed by atoms with van der Waals surface area (Å²) in [7, 11) is -3.82. The molecular formula is C12H12NO3P. The van der Waals surface area contributed by atoms with Crippen molar-refractivity contribution in [2.24, 2.45) is 5.50 Å². The van der Waals surface area contributed by atoms with Gasteiger partial charge in [-0.15, -0.1) is 0 Å². The van der Waals surface area contributed by atoms with E-state index >= 15 is 0 Å². The van der Waals surface area contributed by atoms with Gasteiger partial charge in [0.25, 0.3) is 7.52 Å². The molecule has 0 aromatic heterocycles. The van der Waals surface area contributed by atoms with Crippen LogP contribution < -0.4 is 15.5 Å². The summed E-state index contributed by atoms with van der Waals surface area (Å²) in [6, 6.07) is 15.5. The molecule has 0 aliphatic rings. The van der Waals surface area contributed by atoms with Crippen LogP contribution in [0, 0.1) is 0 Å². The van der Waals surface area contributed by atoms with E-state index in [2.05, 4.69) is 0 Å². The van der Waals surface area contributed by atoms with Gasteiger partial charge < -0.3 is 9.63 Å². The second kappa shape index (κ2) is 4.72. The van der Waals surface area contributed by atoms with Crippen molar-refractivity contribution < 1.29 is 14.2 Å². The third-order valence-electron chi connectivity index (χ3n) is 2.18. The number of hydrogen-bond acceptors (Lipinski definition) is 2. The molecule has 0 saturated heterocycles. The first-order valence-corrected chi connectivity index (χ1v) is 6.74. The maximum Gasteiger partial charge on any atom is 0.298 e. The normalized spacial score (nSPS) is 14.0.